The summed E-state index contributed by atoms with van der Waals surface area (Å²) in [5.74, 6) is 0.274. The van der Waals surface area contributed by atoms with Gasteiger partial charge in [-0.25, -0.2) is 0 Å². The molecule has 0 fully saturated rings. The second-order valence-corrected chi connectivity index (χ2v) is 5.00. The minimum Gasteiger partial charge on any atom is -0.495 e. The summed E-state index contributed by atoms with van der Waals surface area (Å²) in [5.41, 5.74) is 0.130. The fraction of sp³-hybridized carbons (Fsp3) is 0.235. The van der Waals surface area contributed by atoms with E-state index in [0.717, 1.165) is 12.1 Å². The number of carbonyl (C=O) groups is 1. The zero-order chi connectivity index (χ0) is 17.6. The van der Waals surface area contributed by atoms with Crippen molar-refractivity contribution in [3.63, 3.8) is 0 Å². The van der Waals surface area contributed by atoms with Crippen LogP contribution < -0.4 is 15.4 Å². The van der Waals surface area contributed by atoms with Crippen LogP contribution in [0.25, 0.3) is 0 Å². The maximum atomic E-state index is 12.6. The van der Waals surface area contributed by atoms with Crippen LogP contribution in [-0.4, -0.2) is 19.6 Å². The molecule has 0 bridgehead atoms. The number of benzene rings is 2. The zero-order valence-electron chi connectivity index (χ0n) is 13.0. The van der Waals surface area contributed by atoms with Gasteiger partial charge in [-0.15, -0.1) is 0 Å². The first-order chi connectivity index (χ1) is 11.4. The minimum absolute atomic E-state index is 0.105. The SMILES string of the molecule is COc1ccccc1NC(=O)CCNc1cccc(C(F)(F)F)c1. The monoisotopic (exact) mass is 338 g/mol. The van der Waals surface area contributed by atoms with Crippen LogP contribution in [0.15, 0.2) is 48.5 Å². The van der Waals surface area contributed by atoms with Crippen molar-refractivity contribution in [2.75, 3.05) is 24.3 Å². The Morgan fingerprint density at radius 1 is 1.12 bits per heavy atom. The van der Waals surface area contributed by atoms with Gasteiger partial charge in [0, 0.05) is 18.7 Å². The van der Waals surface area contributed by atoms with Crippen LogP contribution >= 0.6 is 0 Å². The van der Waals surface area contributed by atoms with E-state index in [-0.39, 0.29) is 18.9 Å². The third-order valence-corrected chi connectivity index (χ3v) is 3.25. The van der Waals surface area contributed by atoms with Crippen molar-refractivity contribution in [2.45, 2.75) is 12.6 Å². The number of amides is 1. The zero-order valence-corrected chi connectivity index (χ0v) is 13.0. The molecule has 0 atom stereocenters. The van der Waals surface area contributed by atoms with Crippen molar-refractivity contribution in [3.8, 4) is 5.75 Å². The van der Waals surface area contributed by atoms with Crippen LogP contribution in [0.3, 0.4) is 0 Å². The summed E-state index contributed by atoms with van der Waals surface area (Å²) >= 11 is 0. The van der Waals surface area contributed by atoms with Gasteiger partial charge in [0.25, 0.3) is 0 Å². The fourth-order valence-electron chi connectivity index (χ4n) is 2.09. The largest absolute Gasteiger partial charge is 0.495 e. The lowest BCUT2D eigenvalue weighted by Gasteiger charge is -2.12. The highest BCUT2D eigenvalue weighted by Gasteiger charge is 2.30. The lowest BCUT2D eigenvalue weighted by Crippen LogP contribution is -2.17. The van der Waals surface area contributed by atoms with Gasteiger partial charge >= 0.3 is 6.18 Å². The number of anilines is 2. The highest BCUT2D eigenvalue weighted by molar-refractivity contribution is 5.92. The van der Waals surface area contributed by atoms with Gasteiger partial charge in [-0.2, -0.15) is 13.2 Å². The van der Waals surface area contributed by atoms with Crippen molar-refractivity contribution in [2.24, 2.45) is 0 Å². The normalized spacial score (nSPS) is 11.0. The first kappa shape index (κ1) is 17.7. The van der Waals surface area contributed by atoms with Crippen molar-refractivity contribution in [1.29, 1.82) is 0 Å². The first-order valence-electron chi connectivity index (χ1n) is 7.24. The third-order valence-electron chi connectivity index (χ3n) is 3.25. The molecule has 0 spiro atoms. The first-order valence-corrected chi connectivity index (χ1v) is 7.24. The topological polar surface area (TPSA) is 50.4 Å². The van der Waals surface area contributed by atoms with Crippen LogP contribution in [0.1, 0.15) is 12.0 Å². The summed E-state index contributed by atoms with van der Waals surface area (Å²) in [6, 6.07) is 11.8. The van der Waals surface area contributed by atoms with Gasteiger partial charge in [-0.1, -0.05) is 18.2 Å². The molecular weight excluding hydrogens is 321 g/mol. The molecule has 7 heteroatoms. The van der Waals surface area contributed by atoms with Gasteiger partial charge in [0.2, 0.25) is 5.91 Å². The predicted octanol–water partition coefficient (Wildman–Crippen LogP) is 4.15. The van der Waals surface area contributed by atoms with E-state index in [9.17, 15) is 18.0 Å². The van der Waals surface area contributed by atoms with E-state index in [4.69, 9.17) is 4.74 Å². The molecule has 0 aliphatic heterocycles. The van der Waals surface area contributed by atoms with E-state index in [1.54, 1.807) is 24.3 Å². The van der Waals surface area contributed by atoms with Crippen LogP contribution in [0.4, 0.5) is 24.5 Å². The lowest BCUT2D eigenvalue weighted by molar-refractivity contribution is -0.137. The summed E-state index contributed by atoms with van der Waals surface area (Å²) in [5, 5.41) is 5.51. The number of nitrogens with one attached hydrogen (secondary N) is 2. The predicted molar refractivity (Wildman–Crippen MR) is 86.2 cm³/mol. The minimum atomic E-state index is -4.39. The van der Waals surface area contributed by atoms with E-state index in [1.165, 1.54) is 19.2 Å². The number of halogens is 3. The molecule has 0 heterocycles. The Morgan fingerprint density at radius 2 is 1.88 bits per heavy atom. The number of carbonyl (C=O) groups excluding carboxylic acids is 1. The standard InChI is InChI=1S/C17H17F3N2O2/c1-24-15-8-3-2-7-14(15)22-16(23)9-10-21-13-6-4-5-12(11-13)17(18,19)20/h2-8,11,21H,9-10H2,1H3,(H,22,23). The quantitative estimate of drug-likeness (QED) is 0.832. The molecule has 0 radical (unpaired) electrons. The van der Waals surface area contributed by atoms with Gasteiger partial charge < -0.3 is 15.4 Å². The number of hydrogen-bond donors (Lipinski definition) is 2. The number of alkyl halides is 3. The Balaban J connectivity index is 1.87. The summed E-state index contributed by atoms with van der Waals surface area (Å²) in [6.07, 6.45) is -4.28. The highest BCUT2D eigenvalue weighted by Crippen LogP contribution is 2.30. The van der Waals surface area contributed by atoms with Crippen molar-refractivity contribution < 1.29 is 22.7 Å². The third kappa shape index (κ3) is 4.91. The van der Waals surface area contributed by atoms with Gasteiger partial charge in [0.05, 0.1) is 18.4 Å². The Morgan fingerprint density at radius 3 is 2.58 bits per heavy atom. The summed E-state index contributed by atoms with van der Waals surface area (Å²) in [7, 11) is 1.50. The average molecular weight is 338 g/mol. The van der Waals surface area contributed by atoms with Crippen LogP contribution in [0, 0.1) is 0 Å². The van der Waals surface area contributed by atoms with E-state index >= 15 is 0 Å². The van der Waals surface area contributed by atoms with E-state index in [0.29, 0.717) is 17.1 Å². The van der Waals surface area contributed by atoms with Crippen molar-refractivity contribution in [1.82, 2.24) is 0 Å². The van der Waals surface area contributed by atoms with Crippen LogP contribution in [0.5, 0.6) is 5.75 Å². The highest BCUT2D eigenvalue weighted by atomic mass is 19.4. The number of hydrogen-bond acceptors (Lipinski definition) is 3. The van der Waals surface area contributed by atoms with E-state index in [1.807, 2.05) is 0 Å². The maximum absolute atomic E-state index is 12.6. The molecule has 4 nitrogen and oxygen atoms in total. The molecule has 1 amide bonds. The molecule has 0 saturated carbocycles. The molecule has 2 aromatic carbocycles. The molecule has 0 aromatic heterocycles. The van der Waals surface area contributed by atoms with E-state index < -0.39 is 11.7 Å². The molecule has 2 N–H and O–H groups in total. The van der Waals surface area contributed by atoms with Gasteiger partial charge in [-0.3, -0.25) is 4.79 Å². The summed E-state index contributed by atoms with van der Waals surface area (Å²) in [4.78, 5) is 11.9. The van der Waals surface area contributed by atoms with Gasteiger partial charge in [-0.05, 0) is 30.3 Å². The number of para-hydroxylation sites is 2. The molecule has 0 aliphatic carbocycles. The second-order valence-electron chi connectivity index (χ2n) is 5.00. The van der Waals surface area contributed by atoms with Crippen molar-refractivity contribution >= 4 is 17.3 Å². The lowest BCUT2D eigenvalue weighted by atomic mass is 10.2. The van der Waals surface area contributed by atoms with Gasteiger partial charge in [0.1, 0.15) is 5.75 Å². The maximum Gasteiger partial charge on any atom is 0.416 e. The summed E-state index contributed by atoms with van der Waals surface area (Å²) < 4.78 is 43.0. The van der Waals surface area contributed by atoms with Crippen LogP contribution in [-0.2, 0) is 11.0 Å². The number of ether oxygens (including phenoxy) is 1. The fourth-order valence-corrected chi connectivity index (χ4v) is 2.09. The molecule has 0 unspecified atom stereocenters. The second kappa shape index (κ2) is 7.72. The Bertz CT molecular complexity index is 702. The average Bonchev–Trinajstić information content (AvgIpc) is 2.55. The molecule has 24 heavy (non-hydrogen) atoms. The van der Waals surface area contributed by atoms with Crippen LogP contribution in [0.2, 0.25) is 0 Å². The van der Waals surface area contributed by atoms with Crippen molar-refractivity contribution in [3.05, 3.63) is 54.1 Å². The molecule has 2 aromatic rings. The number of methoxy groups -OCH3 is 1. The molecule has 128 valence electrons. The Labute approximate surface area is 137 Å². The Hall–Kier alpha value is -2.70. The molecule has 2 rings (SSSR count). The molecular formula is C17H17F3N2O2. The summed E-state index contributed by atoms with van der Waals surface area (Å²) in [6.45, 7) is 0.211. The van der Waals surface area contributed by atoms with E-state index in [2.05, 4.69) is 10.6 Å². The molecule has 0 aliphatic rings. The van der Waals surface area contributed by atoms with Gasteiger partial charge in [0.15, 0.2) is 0 Å². The number of rotatable bonds is 6. The Kier molecular flexibility index (Phi) is 5.68. The smallest absolute Gasteiger partial charge is 0.416 e. The molecule has 0 saturated heterocycles.